The molecule has 12 heteroatoms. The highest BCUT2D eigenvalue weighted by Gasteiger charge is 2.35. The SMILES string of the molecule is COc1ccc(COCC(NC(=O)C(C)(C)C)C(OCc2ccc(OC)cc2)C(=O)CCC(C)(C)CCC(=O)CC(Cc2cc(F)ccc2F)NC(=O)C(C)(C)C)cc1. The van der Waals surface area contributed by atoms with Crippen LogP contribution in [0.25, 0.3) is 0 Å². The first-order valence-corrected chi connectivity index (χ1v) is 20.2. The molecule has 0 spiro atoms. The Hall–Kier alpha value is -4.68. The summed E-state index contributed by atoms with van der Waals surface area (Å²) in [5.74, 6) is -0.796. The highest BCUT2D eigenvalue weighted by Crippen LogP contribution is 2.30. The predicted molar refractivity (Wildman–Crippen MR) is 224 cm³/mol. The Bertz CT molecular complexity index is 1830. The lowest BCUT2D eigenvalue weighted by Gasteiger charge is -2.31. The van der Waals surface area contributed by atoms with Crippen LogP contribution in [0.3, 0.4) is 0 Å². The van der Waals surface area contributed by atoms with Crippen LogP contribution in [0.5, 0.6) is 11.5 Å². The van der Waals surface area contributed by atoms with Crippen LogP contribution < -0.4 is 20.1 Å². The monoisotopic (exact) mass is 822 g/mol. The minimum absolute atomic E-state index is 0.00277. The number of ketones is 2. The average Bonchev–Trinajstić information content (AvgIpc) is 3.17. The van der Waals surface area contributed by atoms with Gasteiger partial charge in [-0.3, -0.25) is 19.2 Å². The number of methoxy groups -OCH3 is 2. The van der Waals surface area contributed by atoms with Gasteiger partial charge in [-0.05, 0) is 83.8 Å². The maximum Gasteiger partial charge on any atom is 0.225 e. The summed E-state index contributed by atoms with van der Waals surface area (Å²) in [4.78, 5) is 53.9. The van der Waals surface area contributed by atoms with E-state index in [2.05, 4.69) is 10.6 Å². The molecule has 0 aliphatic carbocycles. The lowest BCUT2D eigenvalue weighted by atomic mass is 9.80. The Morgan fingerprint density at radius 2 is 1.20 bits per heavy atom. The minimum Gasteiger partial charge on any atom is -0.497 e. The molecule has 0 saturated carbocycles. The van der Waals surface area contributed by atoms with Crippen molar-refractivity contribution in [3.8, 4) is 11.5 Å². The molecule has 0 heterocycles. The van der Waals surface area contributed by atoms with Crippen LogP contribution in [0.4, 0.5) is 8.78 Å². The average molecular weight is 823 g/mol. The zero-order chi connectivity index (χ0) is 44.0. The second-order valence-corrected chi connectivity index (χ2v) is 18.0. The molecule has 324 valence electrons. The second kappa shape index (κ2) is 22.1. The first kappa shape index (κ1) is 48.7. The van der Waals surface area contributed by atoms with Gasteiger partial charge in [0, 0.05) is 36.1 Å². The van der Waals surface area contributed by atoms with Gasteiger partial charge in [-0.2, -0.15) is 0 Å². The molecule has 0 aliphatic heterocycles. The maximum absolute atomic E-state index is 14.6. The number of hydrogen-bond acceptors (Lipinski definition) is 8. The van der Waals surface area contributed by atoms with Gasteiger partial charge in [0.2, 0.25) is 11.8 Å². The van der Waals surface area contributed by atoms with Gasteiger partial charge in [0.15, 0.2) is 5.78 Å². The Morgan fingerprint density at radius 1 is 0.678 bits per heavy atom. The highest BCUT2D eigenvalue weighted by molar-refractivity contribution is 5.86. The third-order valence-corrected chi connectivity index (χ3v) is 10.1. The molecule has 10 nitrogen and oxygen atoms in total. The number of nitrogens with one attached hydrogen (secondary N) is 2. The van der Waals surface area contributed by atoms with E-state index in [-0.39, 0.29) is 74.4 Å². The molecule has 0 aliphatic rings. The molecular formula is C47H64F2N2O8. The molecule has 3 aromatic carbocycles. The molecule has 59 heavy (non-hydrogen) atoms. The van der Waals surface area contributed by atoms with Crippen molar-refractivity contribution in [1.29, 1.82) is 0 Å². The van der Waals surface area contributed by atoms with E-state index in [4.69, 9.17) is 18.9 Å². The van der Waals surface area contributed by atoms with E-state index in [0.29, 0.717) is 24.3 Å². The van der Waals surface area contributed by atoms with E-state index in [1.165, 1.54) is 0 Å². The molecule has 3 rings (SSSR count). The number of carbonyl (C=O) groups is 4. The van der Waals surface area contributed by atoms with Crippen molar-refractivity contribution in [3.05, 3.63) is 95.1 Å². The van der Waals surface area contributed by atoms with Gasteiger partial charge in [-0.15, -0.1) is 0 Å². The van der Waals surface area contributed by atoms with Gasteiger partial charge in [0.05, 0.1) is 40.1 Å². The lowest BCUT2D eigenvalue weighted by Crippen LogP contribution is -2.53. The van der Waals surface area contributed by atoms with Crippen LogP contribution in [0.15, 0.2) is 66.7 Å². The van der Waals surface area contributed by atoms with Crippen molar-refractivity contribution in [2.75, 3.05) is 20.8 Å². The fraction of sp³-hybridized carbons (Fsp3) is 0.532. The molecule has 3 aromatic rings. The third kappa shape index (κ3) is 16.8. The number of amides is 2. The van der Waals surface area contributed by atoms with Crippen LogP contribution >= 0.6 is 0 Å². The van der Waals surface area contributed by atoms with E-state index >= 15 is 0 Å². The van der Waals surface area contributed by atoms with Crippen molar-refractivity contribution in [3.63, 3.8) is 0 Å². The molecule has 0 radical (unpaired) electrons. The van der Waals surface area contributed by atoms with E-state index in [0.717, 1.165) is 29.3 Å². The van der Waals surface area contributed by atoms with Crippen LogP contribution in [0.1, 0.15) is 104 Å². The largest absolute Gasteiger partial charge is 0.497 e. The number of ether oxygens (including phenoxy) is 4. The fourth-order valence-electron chi connectivity index (χ4n) is 6.08. The van der Waals surface area contributed by atoms with E-state index in [1.54, 1.807) is 67.9 Å². The summed E-state index contributed by atoms with van der Waals surface area (Å²) in [6.07, 6.45) is -0.101. The van der Waals surface area contributed by atoms with E-state index in [9.17, 15) is 28.0 Å². The second-order valence-electron chi connectivity index (χ2n) is 18.0. The summed E-state index contributed by atoms with van der Waals surface area (Å²) in [6.45, 7) is 14.8. The molecule has 0 aromatic heterocycles. The van der Waals surface area contributed by atoms with Gasteiger partial charge >= 0.3 is 0 Å². The van der Waals surface area contributed by atoms with Crippen LogP contribution in [0, 0.1) is 27.9 Å². The van der Waals surface area contributed by atoms with Crippen LogP contribution in [-0.4, -0.2) is 62.4 Å². The number of benzene rings is 3. The lowest BCUT2D eigenvalue weighted by molar-refractivity contribution is -0.139. The highest BCUT2D eigenvalue weighted by atomic mass is 19.1. The molecule has 2 N–H and O–H groups in total. The summed E-state index contributed by atoms with van der Waals surface area (Å²) >= 11 is 0. The van der Waals surface area contributed by atoms with Gasteiger partial charge in [0.1, 0.15) is 35.0 Å². The first-order chi connectivity index (χ1) is 27.6. The quantitative estimate of drug-likeness (QED) is 0.0975. The summed E-state index contributed by atoms with van der Waals surface area (Å²) in [5, 5.41) is 5.90. The summed E-state index contributed by atoms with van der Waals surface area (Å²) in [7, 11) is 3.17. The van der Waals surface area contributed by atoms with Gasteiger partial charge in [-0.1, -0.05) is 79.7 Å². The molecule has 2 amide bonds. The van der Waals surface area contributed by atoms with Crippen molar-refractivity contribution >= 4 is 23.4 Å². The molecular weight excluding hydrogens is 759 g/mol. The van der Waals surface area contributed by atoms with Crippen LogP contribution in [0.2, 0.25) is 0 Å². The third-order valence-electron chi connectivity index (χ3n) is 10.1. The Morgan fingerprint density at radius 3 is 1.75 bits per heavy atom. The van der Waals surface area contributed by atoms with Gasteiger partial charge in [0.25, 0.3) is 0 Å². The maximum atomic E-state index is 14.6. The standard InChI is InChI=1S/C47H64F2N2O8/c1-45(2,3)43(54)50-35(26-33-25-34(48)15-20-39(33)49)27-36(52)21-23-47(7,8)24-22-41(53)42(59-29-32-13-18-38(57-10)19-14-32)40(51-44(55)46(4,5)6)30-58-28-31-11-16-37(56-9)17-12-31/h11-20,25,35,40,42H,21-24,26-30H2,1-10H3,(H,50,54)(H,51,55). The predicted octanol–water partition coefficient (Wildman–Crippen LogP) is 8.50. The topological polar surface area (TPSA) is 129 Å². The number of carbonyl (C=O) groups excluding carboxylic acids is 4. The van der Waals surface area contributed by atoms with Crippen molar-refractivity contribution in [1.82, 2.24) is 10.6 Å². The zero-order valence-electron chi connectivity index (χ0n) is 36.5. The smallest absolute Gasteiger partial charge is 0.225 e. The molecule has 0 fully saturated rings. The first-order valence-electron chi connectivity index (χ1n) is 20.2. The number of rotatable bonds is 23. The summed E-state index contributed by atoms with van der Waals surface area (Å²) in [5.41, 5.74) is -0.230. The number of Topliss-reactive ketones (excluding diaryl/α,β-unsaturated/α-hetero) is 2. The van der Waals surface area contributed by atoms with Crippen molar-refractivity contribution in [2.45, 2.75) is 125 Å². The Labute approximate surface area is 349 Å². The van der Waals surface area contributed by atoms with E-state index < -0.39 is 46.1 Å². The summed E-state index contributed by atoms with van der Waals surface area (Å²) in [6, 6.07) is 16.3. The van der Waals surface area contributed by atoms with E-state index in [1.807, 2.05) is 50.2 Å². The molecule has 0 bridgehead atoms. The minimum atomic E-state index is -1.06. The zero-order valence-corrected chi connectivity index (χ0v) is 36.5. The van der Waals surface area contributed by atoms with Gasteiger partial charge in [-0.25, -0.2) is 8.78 Å². The molecule has 0 saturated heterocycles. The van der Waals surface area contributed by atoms with Crippen LogP contribution in [-0.2, 0) is 48.3 Å². The molecule has 3 unspecified atom stereocenters. The fourth-order valence-corrected chi connectivity index (χ4v) is 6.08. The number of halogens is 2. The Kier molecular flexibility index (Phi) is 18.2. The van der Waals surface area contributed by atoms with Crippen molar-refractivity contribution < 1.29 is 46.9 Å². The Balaban J connectivity index is 1.76. The number of hydrogen-bond donors (Lipinski definition) is 2. The summed E-state index contributed by atoms with van der Waals surface area (Å²) < 4.78 is 51.6. The van der Waals surface area contributed by atoms with Gasteiger partial charge < -0.3 is 29.6 Å². The van der Waals surface area contributed by atoms with Crippen molar-refractivity contribution in [2.24, 2.45) is 16.2 Å². The molecule has 3 atom stereocenters. The normalized spacial score (nSPS) is 13.6.